The second kappa shape index (κ2) is 9.79. The summed E-state index contributed by atoms with van der Waals surface area (Å²) in [5.74, 6) is 2.60. The summed E-state index contributed by atoms with van der Waals surface area (Å²) in [5.41, 5.74) is 2.13. The van der Waals surface area contributed by atoms with Crippen LogP contribution in [0.3, 0.4) is 0 Å². The first kappa shape index (κ1) is 21.3. The molecule has 0 spiro atoms. The molecule has 7 nitrogen and oxygen atoms in total. The molecule has 0 fully saturated rings. The summed E-state index contributed by atoms with van der Waals surface area (Å²) in [6.07, 6.45) is 5.50. The molecule has 0 aliphatic carbocycles. The summed E-state index contributed by atoms with van der Waals surface area (Å²) in [6, 6.07) is 4.00. The Morgan fingerprint density at radius 2 is 2.11 bits per heavy atom. The molecular weight excluding hydrogens is 473 g/mol. The lowest BCUT2D eigenvalue weighted by Gasteiger charge is -2.21. The Balaban J connectivity index is 0.00000261. The van der Waals surface area contributed by atoms with Gasteiger partial charge in [0.25, 0.3) is 0 Å². The van der Waals surface area contributed by atoms with Gasteiger partial charge in [0.2, 0.25) is 0 Å². The van der Waals surface area contributed by atoms with E-state index in [1.165, 1.54) is 0 Å². The summed E-state index contributed by atoms with van der Waals surface area (Å²) in [6.45, 7) is 5.32. The van der Waals surface area contributed by atoms with Gasteiger partial charge in [0.05, 0.1) is 17.2 Å². The Hall–Kier alpha value is -2.01. The quantitative estimate of drug-likeness (QED) is 0.333. The lowest BCUT2D eigenvalue weighted by atomic mass is 10.2. The molecule has 0 aromatic carbocycles. The molecule has 3 rings (SSSR count). The predicted molar refractivity (Wildman–Crippen MR) is 120 cm³/mol. The number of nitrogens with one attached hydrogen (secondary N) is 1. The normalized spacial score (nSPS) is 11.2. The molecule has 0 atom stereocenters. The third kappa shape index (κ3) is 5.25. The molecule has 0 saturated carbocycles. The zero-order valence-electron chi connectivity index (χ0n) is 15.9. The molecule has 9 heteroatoms. The number of thiazole rings is 1. The van der Waals surface area contributed by atoms with Crippen molar-refractivity contribution in [1.82, 2.24) is 29.7 Å². The highest BCUT2D eigenvalue weighted by Gasteiger charge is 2.12. The highest BCUT2D eigenvalue weighted by atomic mass is 127. The van der Waals surface area contributed by atoms with E-state index in [4.69, 9.17) is 0 Å². The van der Waals surface area contributed by atoms with Gasteiger partial charge in [0.1, 0.15) is 11.6 Å². The van der Waals surface area contributed by atoms with Gasteiger partial charge in [-0.05, 0) is 19.9 Å². The zero-order chi connectivity index (χ0) is 18.5. The van der Waals surface area contributed by atoms with Crippen LogP contribution in [0.25, 0.3) is 5.82 Å². The first-order valence-electron chi connectivity index (χ1n) is 8.35. The molecule has 3 aromatic rings. The molecule has 0 amide bonds. The van der Waals surface area contributed by atoms with Gasteiger partial charge in [-0.3, -0.25) is 9.56 Å². The van der Waals surface area contributed by atoms with Crippen molar-refractivity contribution in [1.29, 1.82) is 0 Å². The number of rotatable bonds is 5. The van der Waals surface area contributed by atoms with Crippen molar-refractivity contribution < 1.29 is 0 Å². The smallest absolute Gasteiger partial charge is 0.194 e. The van der Waals surface area contributed by atoms with E-state index in [0.717, 1.165) is 33.9 Å². The molecular formula is C18H24IN7S. The largest absolute Gasteiger partial charge is 0.352 e. The first-order chi connectivity index (χ1) is 12.6. The molecule has 0 unspecified atom stereocenters. The van der Waals surface area contributed by atoms with Crippen LogP contribution in [0.1, 0.15) is 22.1 Å². The Morgan fingerprint density at radius 3 is 2.74 bits per heavy atom. The van der Waals surface area contributed by atoms with Crippen LogP contribution in [0.5, 0.6) is 0 Å². The minimum atomic E-state index is 0. The Bertz CT molecular complexity index is 903. The van der Waals surface area contributed by atoms with Gasteiger partial charge in [-0.1, -0.05) is 6.07 Å². The Kier molecular flexibility index (Phi) is 7.72. The van der Waals surface area contributed by atoms with Crippen molar-refractivity contribution >= 4 is 41.3 Å². The van der Waals surface area contributed by atoms with Crippen molar-refractivity contribution in [3.8, 4) is 5.82 Å². The standard InChI is InChI=1S/C18H23N7S.HI/c1-13-20-8-9-25(13)17-15(6-5-7-21-17)10-22-18(19-3)24(4)11-16-12-26-14(2)23-16;/h5-9,12H,10-11H2,1-4H3,(H,19,22);1H. The van der Waals surface area contributed by atoms with Crippen LogP contribution in [0.15, 0.2) is 41.1 Å². The van der Waals surface area contributed by atoms with Gasteiger partial charge in [-0.2, -0.15) is 0 Å². The molecule has 1 N–H and O–H groups in total. The average molecular weight is 497 g/mol. The van der Waals surface area contributed by atoms with Gasteiger partial charge in [0.15, 0.2) is 5.96 Å². The number of aryl methyl sites for hydroxylation is 2. The minimum Gasteiger partial charge on any atom is -0.352 e. The van der Waals surface area contributed by atoms with Crippen molar-refractivity contribution in [2.24, 2.45) is 4.99 Å². The van der Waals surface area contributed by atoms with E-state index in [-0.39, 0.29) is 24.0 Å². The van der Waals surface area contributed by atoms with Gasteiger partial charge >= 0.3 is 0 Å². The average Bonchev–Trinajstić information content (AvgIpc) is 3.24. The summed E-state index contributed by atoms with van der Waals surface area (Å²) in [4.78, 5) is 19.8. The number of pyridine rings is 1. The first-order valence-corrected chi connectivity index (χ1v) is 9.23. The molecule has 3 aromatic heterocycles. The fourth-order valence-corrected chi connectivity index (χ4v) is 3.35. The van der Waals surface area contributed by atoms with E-state index in [0.29, 0.717) is 13.1 Å². The van der Waals surface area contributed by atoms with Crippen LogP contribution in [0.4, 0.5) is 0 Å². The SMILES string of the molecule is CN=C(NCc1cccnc1-n1ccnc1C)N(C)Cc1csc(C)n1.I. The highest BCUT2D eigenvalue weighted by Crippen LogP contribution is 2.14. The fourth-order valence-electron chi connectivity index (χ4n) is 2.74. The summed E-state index contributed by atoms with van der Waals surface area (Å²) >= 11 is 1.66. The molecule has 0 bridgehead atoms. The molecule has 3 heterocycles. The lowest BCUT2D eigenvalue weighted by Crippen LogP contribution is -2.38. The molecule has 0 aliphatic rings. The highest BCUT2D eigenvalue weighted by molar-refractivity contribution is 14.0. The molecule has 0 radical (unpaired) electrons. The Labute approximate surface area is 180 Å². The number of nitrogens with zero attached hydrogens (tertiary/aromatic N) is 6. The second-order valence-corrected chi connectivity index (χ2v) is 7.01. The third-order valence-electron chi connectivity index (χ3n) is 4.00. The van der Waals surface area contributed by atoms with Gasteiger partial charge in [-0.25, -0.2) is 15.0 Å². The number of imidazole rings is 1. The third-order valence-corrected chi connectivity index (χ3v) is 4.82. The number of hydrogen-bond acceptors (Lipinski definition) is 5. The molecule has 27 heavy (non-hydrogen) atoms. The van der Waals surface area contributed by atoms with Crippen molar-refractivity contribution in [3.05, 3.63) is 58.2 Å². The van der Waals surface area contributed by atoms with Crippen LogP contribution in [-0.4, -0.2) is 44.5 Å². The summed E-state index contributed by atoms with van der Waals surface area (Å²) in [7, 11) is 3.80. The van der Waals surface area contributed by atoms with Crippen molar-refractivity contribution in [2.45, 2.75) is 26.9 Å². The van der Waals surface area contributed by atoms with E-state index < -0.39 is 0 Å². The van der Waals surface area contributed by atoms with E-state index in [9.17, 15) is 0 Å². The minimum absolute atomic E-state index is 0. The maximum Gasteiger partial charge on any atom is 0.194 e. The summed E-state index contributed by atoms with van der Waals surface area (Å²) in [5, 5.41) is 6.57. The molecule has 0 saturated heterocycles. The number of aromatic nitrogens is 4. The van der Waals surface area contributed by atoms with Crippen LogP contribution in [0, 0.1) is 13.8 Å². The summed E-state index contributed by atoms with van der Waals surface area (Å²) < 4.78 is 1.99. The maximum atomic E-state index is 4.52. The van der Waals surface area contributed by atoms with Crippen molar-refractivity contribution in [2.75, 3.05) is 14.1 Å². The van der Waals surface area contributed by atoms with Gasteiger partial charge in [0, 0.05) is 50.2 Å². The van der Waals surface area contributed by atoms with Crippen molar-refractivity contribution in [3.63, 3.8) is 0 Å². The zero-order valence-corrected chi connectivity index (χ0v) is 19.0. The number of halogens is 1. The van der Waals surface area contributed by atoms with Crippen LogP contribution < -0.4 is 5.32 Å². The van der Waals surface area contributed by atoms with Crippen LogP contribution in [-0.2, 0) is 13.1 Å². The van der Waals surface area contributed by atoms with E-state index in [1.54, 1.807) is 30.8 Å². The predicted octanol–water partition coefficient (Wildman–Crippen LogP) is 3.17. The van der Waals surface area contributed by atoms with Gasteiger partial charge < -0.3 is 10.2 Å². The maximum absolute atomic E-state index is 4.52. The van der Waals surface area contributed by atoms with E-state index >= 15 is 0 Å². The lowest BCUT2D eigenvalue weighted by molar-refractivity contribution is 0.470. The van der Waals surface area contributed by atoms with Crippen LogP contribution in [0.2, 0.25) is 0 Å². The monoisotopic (exact) mass is 497 g/mol. The van der Waals surface area contributed by atoms with Gasteiger partial charge in [-0.15, -0.1) is 35.3 Å². The molecule has 144 valence electrons. The second-order valence-electron chi connectivity index (χ2n) is 5.95. The number of hydrogen-bond donors (Lipinski definition) is 1. The topological polar surface area (TPSA) is 71.2 Å². The fraction of sp³-hybridized carbons (Fsp3) is 0.333. The number of guanidine groups is 1. The molecule has 0 aliphatic heterocycles. The number of aliphatic imine (C=N–C) groups is 1. The van der Waals surface area contributed by atoms with E-state index in [1.807, 2.05) is 37.7 Å². The Morgan fingerprint density at radius 1 is 1.30 bits per heavy atom. The van der Waals surface area contributed by atoms with E-state index in [2.05, 4.69) is 41.6 Å². The van der Waals surface area contributed by atoms with Crippen LogP contribution >= 0.6 is 35.3 Å².